The van der Waals surface area contributed by atoms with Crippen LogP contribution in [0.25, 0.3) is 21.1 Å². The smallest absolute Gasteiger partial charge is 0.339 e. The van der Waals surface area contributed by atoms with Gasteiger partial charge in [0.2, 0.25) is 0 Å². The minimum Gasteiger partial charge on any atom is -0.491 e. The van der Waals surface area contributed by atoms with Crippen LogP contribution in [-0.2, 0) is 40.5 Å². The van der Waals surface area contributed by atoms with Crippen molar-refractivity contribution in [2.75, 3.05) is 33.5 Å². The Morgan fingerprint density at radius 1 is 0.788 bits per heavy atom. The Labute approximate surface area is 295 Å². The average Bonchev–Trinajstić information content (AvgIpc) is 3.15. The van der Waals surface area contributed by atoms with E-state index in [0.717, 1.165) is 31.4 Å². The highest BCUT2D eigenvalue weighted by atomic mass is 32.2. The fourth-order valence-electron chi connectivity index (χ4n) is 4.30. The Morgan fingerprint density at radius 3 is 1.81 bits per heavy atom. The molecule has 0 aromatic heterocycles. The van der Waals surface area contributed by atoms with Gasteiger partial charge < -0.3 is 28.4 Å². The number of hydrogen-bond acceptors (Lipinski definition) is 14. The lowest BCUT2D eigenvalue weighted by Gasteiger charge is -2.13. The highest BCUT2D eigenvalue weighted by Gasteiger charge is 2.23. The van der Waals surface area contributed by atoms with Crippen molar-refractivity contribution >= 4 is 45.9 Å². The van der Waals surface area contributed by atoms with Gasteiger partial charge in [-0.2, -0.15) is 8.42 Å². The third-order valence-corrected chi connectivity index (χ3v) is 7.48. The number of carbonyl (C=O) groups excluding carboxylic acids is 4. The molecule has 0 bridgehead atoms. The number of hydrogen-bond donors (Lipinski definition) is 1. The number of esters is 3. The fraction of sp³-hybridized carbons (Fsp3) is 0.176. The van der Waals surface area contributed by atoms with Crippen LogP contribution in [0.15, 0.2) is 59.5 Å². The van der Waals surface area contributed by atoms with Crippen molar-refractivity contribution in [2.24, 2.45) is 0 Å². The average molecular weight is 729 g/mol. The summed E-state index contributed by atoms with van der Waals surface area (Å²) >= 11 is 0. The second-order valence-corrected chi connectivity index (χ2v) is 11.1. The normalized spacial score (nSPS) is 11.5. The Balaban J connectivity index is 1.84. The second kappa shape index (κ2) is 18.5. The fourth-order valence-corrected chi connectivity index (χ4v) is 4.80. The summed E-state index contributed by atoms with van der Waals surface area (Å²) in [7, 11) is -3.74. The molecular weight excluding hydrogens is 704 g/mol. The van der Waals surface area contributed by atoms with E-state index < -0.39 is 68.7 Å². The minimum atomic E-state index is -4.73. The molecule has 0 fully saturated rings. The van der Waals surface area contributed by atoms with Crippen LogP contribution in [0, 0.1) is 35.8 Å². The lowest BCUT2D eigenvalue weighted by molar-refractivity contribution is -0.129. The molecule has 0 unspecified atom stereocenters. The molecule has 0 spiro atoms. The van der Waals surface area contributed by atoms with Gasteiger partial charge in [-0.05, 0) is 36.4 Å². The van der Waals surface area contributed by atoms with Crippen molar-refractivity contribution in [1.82, 2.24) is 0 Å². The third kappa shape index (κ3) is 9.90. The maximum Gasteiger partial charge on any atom is 0.339 e. The van der Waals surface area contributed by atoms with Gasteiger partial charge in [-0.15, -0.1) is 0 Å². The minimum absolute atomic E-state index is 0.111. The van der Waals surface area contributed by atoms with E-state index in [0.29, 0.717) is 5.56 Å². The van der Waals surface area contributed by atoms with Crippen LogP contribution in [0.5, 0.6) is 11.5 Å². The molecule has 18 heteroatoms. The molecule has 3 rings (SSSR count). The van der Waals surface area contributed by atoms with Crippen molar-refractivity contribution in [2.45, 2.75) is 11.5 Å². The zero-order valence-electron chi connectivity index (χ0n) is 26.9. The molecule has 52 heavy (non-hydrogen) atoms. The maximum absolute atomic E-state index is 12.8. The molecule has 3 aromatic rings. The molecule has 1 N–H and O–H groups in total. The van der Waals surface area contributed by atoms with Crippen LogP contribution in [0.4, 0.5) is 0 Å². The number of nitriles is 2. The van der Waals surface area contributed by atoms with Gasteiger partial charge in [0.05, 0.1) is 54.0 Å². The Hall–Kier alpha value is -7.25. The molecule has 3 aromatic carbocycles. The maximum atomic E-state index is 12.8. The summed E-state index contributed by atoms with van der Waals surface area (Å²) in [5.41, 5.74) is -1.34. The lowest BCUT2D eigenvalue weighted by Crippen LogP contribution is -2.23. The molecule has 17 nitrogen and oxygen atoms in total. The summed E-state index contributed by atoms with van der Waals surface area (Å²) in [6.45, 7) is 13.4. The van der Waals surface area contributed by atoms with Crippen molar-refractivity contribution in [1.29, 1.82) is 10.5 Å². The van der Waals surface area contributed by atoms with E-state index in [-0.39, 0.29) is 53.8 Å². The molecule has 0 amide bonds. The predicted octanol–water partition coefficient (Wildman–Crippen LogP) is 1.97. The van der Waals surface area contributed by atoms with E-state index in [1.165, 1.54) is 12.1 Å². The molecule has 0 saturated carbocycles. The molecule has 0 atom stereocenters. The van der Waals surface area contributed by atoms with Gasteiger partial charge >= 0.3 is 17.9 Å². The highest BCUT2D eigenvalue weighted by Crippen LogP contribution is 2.19. The first-order chi connectivity index (χ1) is 24.9. The lowest BCUT2D eigenvalue weighted by atomic mass is 10.1. The quantitative estimate of drug-likeness (QED) is 0.0588. The van der Waals surface area contributed by atoms with Crippen LogP contribution >= 0.6 is 0 Å². The molecule has 0 heterocycles. The van der Waals surface area contributed by atoms with Crippen molar-refractivity contribution < 1.29 is 60.6 Å². The Morgan fingerprint density at radius 2 is 1.33 bits per heavy atom. The standard InChI is InChI=1S/C34H24N4O13S/c1-37-28(17-35)26-16-31(49-11-13-51-34(42)24-9-8-22(52(43,44)45)14-25(24)32(40)46-3)27(29(18-36)38-2)15-30(26)48-10-12-50-33(41)23-7-5-4-6-21(23)19-47-20-39/h4-9,14-16,20H,10-13,19H2,3H3,(H,43,44,45)/b28-26-,29-27+. The number of carbonyl (C=O) groups is 4. The zero-order chi connectivity index (χ0) is 38.3. The van der Waals surface area contributed by atoms with Gasteiger partial charge in [0.1, 0.15) is 44.5 Å². The Bertz CT molecular complexity index is 2280. The van der Waals surface area contributed by atoms with Crippen molar-refractivity contribution in [3.8, 4) is 23.6 Å². The monoisotopic (exact) mass is 728 g/mol. The van der Waals surface area contributed by atoms with E-state index in [1.54, 1.807) is 30.3 Å². The molecule has 0 aliphatic carbocycles. The van der Waals surface area contributed by atoms with Crippen LogP contribution in [0.2, 0.25) is 0 Å². The highest BCUT2D eigenvalue weighted by molar-refractivity contribution is 7.85. The second-order valence-electron chi connectivity index (χ2n) is 9.70. The van der Waals surface area contributed by atoms with Crippen LogP contribution in [0.3, 0.4) is 0 Å². The molecular formula is C34H24N4O13S. The van der Waals surface area contributed by atoms with E-state index in [2.05, 4.69) is 14.4 Å². The molecule has 0 radical (unpaired) electrons. The molecule has 0 aliphatic heterocycles. The zero-order valence-corrected chi connectivity index (χ0v) is 27.7. The Kier molecular flexibility index (Phi) is 13.9. The van der Waals surface area contributed by atoms with Crippen LogP contribution in [-0.4, -0.2) is 70.9 Å². The van der Waals surface area contributed by atoms with E-state index in [4.69, 9.17) is 36.8 Å². The van der Waals surface area contributed by atoms with Gasteiger partial charge in [-0.25, -0.2) is 34.6 Å². The summed E-state index contributed by atoms with van der Waals surface area (Å²) in [4.78, 5) is 53.9. The molecule has 0 saturated heterocycles. The first-order valence-electron chi connectivity index (χ1n) is 14.3. The van der Waals surface area contributed by atoms with Crippen LogP contribution in [0.1, 0.15) is 36.6 Å². The third-order valence-electron chi connectivity index (χ3n) is 6.63. The summed E-state index contributed by atoms with van der Waals surface area (Å²) < 4.78 is 63.4. The molecule has 264 valence electrons. The van der Waals surface area contributed by atoms with E-state index in [9.17, 15) is 42.7 Å². The van der Waals surface area contributed by atoms with Gasteiger partial charge in [-0.1, -0.05) is 18.2 Å². The van der Waals surface area contributed by atoms with Crippen molar-refractivity contribution in [3.05, 3.63) is 110 Å². The number of rotatable bonds is 15. The van der Waals surface area contributed by atoms with E-state index >= 15 is 0 Å². The summed E-state index contributed by atoms with van der Waals surface area (Å²) in [5, 5.41) is 19.0. The van der Waals surface area contributed by atoms with Gasteiger partial charge in [0.25, 0.3) is 28.0 Å². The largest absolute Gasteiger partial charge is 0.491 e. The summed E-state index contributed by atoms with van der Waals surface area (Å²) in [5.74, 6) is -3.28. The summed E-state index contributed by atoms with van der Waals surface area (Å²) in [6, 6.07) is 14.5. The summed E-state index contributed by atoms with van der Waals surface area (Å²) in [6.07, 6.45) is 0. The number of benzene rings is 3. The molecule has 0 aliphatic rings. The number of methoxy groups -OCH3 is 1. The number of nitrogens with zero attached hydrogens (tertiary/aromatic N) is 4. The first-order valence-corrected chi connectivity index (χ1v) is 15.8. The van der Waals surface area contributed by atoms with Crippen LogP contribution < -0.4 is 19.9 Å². The van der Waals surface area contributed by atoms with Crippen molar-refractivity contribution in [3.63, 3.8) is 0 Å². The van der Waals surface area contributed by atoms with Gasteiger partial charge in [0, 0.05) is 16.0 Å². The van der Waals surface area contributed by atoms with Gasteiger partial charge in [-0.3, -0.25) is 9.35 Å². The SMILES string of the molecule is [C-]#[N+]/C(C#N)=c1/cc(OCCOC(=O)c2ccc(S(=O)(=O)O)cc2C(=O)OC)/c(=C(\C#N)[N+]#[C-])cc1OCCOC(=O)c1ccccc1COC=O. The first kappa shape index (κ1) is 39.2. The van der Waals surface area contributed by atoms with Gasteiger partial charge in [0.15, 0.2) is 0 Å². The van der Waals surface area contributed by atoms with E-state index in [1.807, 2.05) is 0 Å². The predicted molar refractivity (Wildman–Crippen MR) is 173 cm³/mol. The topological polar surface area (TPSA) is 234 Å². The number of ether oxygens (including phenoxy) is 6.